The van der Waals surface area contributed by atoms with Gasteiger partial charge in [-0.15, -0.1) is 0 Å². The van der Waals surface area contributed by atoms with Crippen LogP contribution in [0.2, 0.25) is 0 Å². The summed E-state index contributed by atoms with van der Waals surface area (Å²) in [6.07, 6.45) is 0. The van der Waals surface area contributed by atoms with Crippen LogP contribution in [0, 0.1) is 0 Å². The van der Waals surface area contributed by atoms with E-state index in [2.05, 4.69) is 164 Å². The Balaban J connectivity index is 1.33. The lowest BCUT2D eigenvalue weighted by Gasteiger charge is -2.39. The first-order chi connectivity index (χ1) is 21.1. The van der Waals surface area contributed by atoms with E-state index in [0.717, 1.165) is 0 Å². The Labute approximate surface area is 253 Å². The molecular weight excluding hydrogens is 517 g/mol. The SMILES string of the molecule is CC1(C)C2=C(c3ccccc31)c1cccc3c1B2c1ccc(-c2ccccc2)cc1N3c1cccc(-c2ccccc2)c1. The maximum atomic E-state index is 2.52. The highest BCUT2D eigenvalue weighted by molar-refractivity contribution is 6.97. The van der Waals surface area contributed by atoms with Crippen molar-refractivity contribution in [2.75, 3.05) is 4.90 Å². The summed E-state index contributed by atoms with van der Waals surface area (Å²) in [5, 5.41) is 0. The predicted molar refractivity (Wildman–Crippen MR) is 183 cm³/mol. The normalized spacial score (nSPS) is 15.2. The Morgan fingerprint density at radius 1 is 0.512 bits per heavy atom. The molecular formula is C41H30BN. The van der Waals surface area contributed by atoms with Gasteiger partial charge in [-0.1, -0.05) is 141 Å². The van der Waals surface area contributed by atoms with Crippen LogP contribution in [0.3, 0.4) is 0 Å². The minimum atomic E-state index is -0.0579. The van der Waals surface area contributed by atoms with Crippen LogP contribution in [0.25, 0.3) is 27.8 Å². The lowest BCUT2D eigenvalue weighted by molar-refractivity contribution is 0.667. The molecule has 6 aromatic rings. The van der Waals surface area contributed by atoms with E-state index in [1.54, 1.807) is 5.47 Å². The third-order valence-electron chi connectivity index (χ3n) is 9.88. The third kappa shape index (κ3) is 3.41. The number of benzene rings is 6. The molecule has 3 aliphatic rings. The molecule has 0 atom stereocenters. The average Bonchev–Trinajstić information content (AvgIpc) is 3.54. The summed E-state index contributed by atoms with van der Waals surface area (Å²) in [5.41, 5.74) is 18.7. The average molecular weight is 548 g/mol. The molecule has 0 saturated heterocycles. The minimum Gasteiger partial charge on any atom is -0.311 e. The van der Waals surface area contributed by atoms with Gasteiger partial charge < -0.3 is 4.90 Å². The topological polar surface area (TPSA) is 3.24 Å². The number of hydrogen-bond acceptors (Lipinski definition) is 1. The summed E-state index contributed by atoms with van der Waals surface area (Å²) in [5.74, 6) is 0. The van der Waals surface area contributed by atoms with Crippen molar-refractivity contribution in [3.8, 4) is 22.3 Å². The molecule has 0 radical (unpaired) electrons. The Morgan fingerprint density at radius 3 is 1.91 bits per heavy atom. The molecule has 0 saturated carbocycles. The van der Waals surface area contributed by atoms with Crippen LogP contribution in [0.1, 0.15) is 30.5 Å². The summed E-state index contributed by atoms with van der Waals surface area (Å²) in [4.78, 5) is 2.52. The molecule has 9 rings (SSSR count). The van der Waals surface area contributed by atoms with Crippen molar-refractivity contribution in [1.82, 2.24) is 0 Å². The number of rotatable bonds is 3. The number of allylic oxidation sites excluding steroid dienone is 1. The van der Waals surface area contributed by atoms with Gasteiger partial charge in [0.1, 0.15) is 0 Å². The Hall–Kier alpha value is -5.08. The molecule has 0 fully saturated rings. The minimum absolute atomic E-state index is 0.0579. The molecule has 6 aromatic carbocycles. The highest BCUT2D eigenvalue weighted by Crippen LogP contribution is 2.54. The van der Waals surface area contributed by atoms with Gasteiger partial charge in [-0.25, -0.2) is 0 Å². The van der Waals surface area contributed by atoms with Crippen molar-refractivity contribution in [3.05, 3.63) is 168 Å². The maximum absolute atomic E-state index is 2.52. The maximum Gasteiger partial charge on any atom is 0.244 e. The fourth-order valence-corrected chi connectivity index (χ4v) is 8.02. The van der Waals surface area contributed by atoms with Crippen molar-refractivity contribution in [2.45, 2.75) is 19.3 Å². The van der Waals surface area contributed by atoms with Crippen molar-refractivity contribution in [1.29, 1.82) is 0 Å². The predicted octanol–water partition coefficient (Wildman–Crippen LogP) is 9.06. The summed E-state index contributed by atoms with van der Waals surface area (Å²) in [6.45, 7) is 5.07. The Morgan fingerprint density at radius 2 is 1.14 bits per heavy atom. The number of hydrogen-bond donors (Lipinski definition) is 0. The monoisotopic (exact) mass is 547 g/mol. The molecule has 2 heteroatoms. The molecule has 0 aromatic heterocycles. The molecule has 1 nitrogen and oxygen atoms in total. The van der Waals surface area contributed by atoms with E-state index in [0.29, 0.717) is 0 Å². The Kier molecular flexibility index (Phi) is 5.11. The molecule has 0 amide bonds. The molecule has 0 N–H and O–H groups in total. The van der Waals surface area contributed by atoms with Crippen molar-refractivity contribution in [3.63, 3.8) is 0 Å². The van der Waals surface area contributed by atoms with E-state index in [1.807, 2.05) is 0 Å². The second-order valence-electron chi connectivity index (χ2n) is 12.5. The van der Waals surface area contributed by atoms with E-state index in [9.17, 15) is 0 Å². The van der Waals surface area contributed by atoms with Gasteiger partial charge in [-0.2, -0.15) is 0 Å². The summed E-state index contributed by atoms with van der Waals surface area (Å²) < 4.78 is 0. The van der Waals surface area contributed by atoms with Crippen LogP contribution in [0.5, 0.6) is 0 Å². The number of nitrogens with zero attached hydrogens (tertiary/aromatic N) is 1. The molecule has 0 spiro atoms. The van der Waals surface area contributed by atoms with Gasteiger partial charge in [0, 0.05) is 22.5 Å². The van der Waals surface area contributed by atoms with Crippen LogP contribution in [0.4, 0.5) is 17.1 Å². The van der Waals surface area contributed by atoms with Crippen LogP contribution >= 0.6 is 0 Å². The van der Waals surface area contributed by atoms with E-state index < -0.39 is 0 Å². The second kappa shape index (κ2) is 8.96. The van der Waals surface area contributed by atoms with Crippen LogP contribution in [-0.4, -0.2) is 6.71 Å². The summed E-state index contributed by atoms with van der Waals surface area (Å²) >= 11 is 0. The van der Waals surface area contributed by atoms with Crippen LogP contribution in [0.15, 0.2) is 151 Å². The van der Waals surface area contributed by atoms with Crippen LogP contribution < -0.4 is 15.8 Å². The zero-order valence-corrected chi connectivity index (χ0v) is 24.4. The van der Waals surface area contributed by atoms with Crippen molar-refractivity contribution < 1.29 is 0 Å². The van der Waals surface area contributed by atoms with Gasteiger partial charge in [-0.05, 0) is 79.7 Å². The van der Waals surface area contributed by atoms with Gasteiger partial charge in [0.25, 0.3) is 0 Å². The Bertz CT molecular complexity index is 2110. The summed E-state index contributed by atoms with van der Waals surface area (Å²) in [7, 11) is 0. The molecule has 2 heterocycles. The smallest absolute Gasteiger partial charge is 0.244 e. The lowest BCUT2D eigenvalue weighted by atomic mass is 9.33. The van der Waals surface area contributed by atoms with E-state index in [1.165, 1.54) is 72.5 Å². The van der Waals surface area contributed by atoms with E-state index >= 15 is 0 Å². The standard InChI is InChI=1S/C41H30BN/c1-41(2)34-21-10-9-19-32(34)38-33-20-12-22-36-39(33)42(40(38)41)35-24-23-30(28-15-7-4-8-16-28)26-37(35)43(36)31-18-11-17-29(25-31)27-13-5-3-6-14-27/h3-26H,1-2H3. The van der Waals surface area contributed by atoms with Crippen molar-refractivity contribution >= 4 is 40.3 Å². The summed E-state index contributed by atoms with van der Waals surface area (Å²) in [6, 6.07) is 53.7. The van der Waals surface area contributed by atoms with Gasteiger partial charge in [0.15, 0.2) is 0 Å². The molecule has 0 bridgehead atoms. The van der Waals surface area contributed by atoms with E-state index in [4.69, 9.17) is 0 Å². The first kappa shape index (κ1) is 24.5. The molecule has 0 unspecified atom stereocenters. The quantitative estimate of drug-likeness (QED) is 0.200. The number of fused-ring (bicyclic) bond motifs is 6. The van der Waals surface area contributed by atoms with Gasteiger partial charge >= 0.3 is 0 Å². The fraction of sp³-hybridized carbons (Fsp3) is 0.0732. The molecule has 1 aliphatic carbocycles. The zero-order chi connectivity index (χ0) is 28.7. The highest BCUT2D eigenvalue weighted by atomic mass is 15.2. The number of anilines is 3. The molecule has 43 heavy (non-hydrogen) atoms. The third-order valence-corrected chi connectivity index (χ3v) is 9.88. The first-order valence-corrected chi connectivity index (χ1v) is 15.2. The zero-order valence-electron chi connectivity index (χ0n) is 24.4. The second-order valence-corrected chi connectivity index (χ2v) is 12.5. The van der Waals surface area contributed by atoms with E-state index in [-0.39, 0.29) is 12.1 Å². The molecule has 202 valence electrons. The van der Waals surface area contributed by atoms with Crippen LogP contribution in [-0.2, 0) is 5.41 Å². The fourth-order valence-electron chi connectivity index (χ4n) is 8.02. The lowest BCUT2D eigenvalue weighted by Crippen LogP contribution is -2.52. The largest absolute Gasteiger partial charge is 0.311 e. The van der Waals surface area contributed by atoms with Gasteiger partial charge in [0.05, 0.1) is 0 Å². The highest BCUT2D eigenvalue weighted by Gasteiger charge is 2.52. The first-order valence-electron chi connectivity index (χ1n) is 15.2. The van der Waals surface area contributed by atoms with Gasteiger partial charge in [-0.3, -0.25) is 0 Å². The van der Waals surface area contributed by atoms with Crippen molar-refractivity contribution in [2.24, 2.45) is 0 Å². The molecule has 2 aliphatic heterocycles. The van der Waals surface area contributed by atoms with Gasteiger partial charge in [0.2, 0.25) is 6.71 Å².